The summed E-state index contributed by atoms with van der Waals surface area (Å²) in [6.45, 7) is 1.65. The molecule has 4 heteroatoms. The number of hydrogen-bond acceptors (Lipinski definition) is 3. The molecule has 0 radical (unpaired) electrons. The normalized spacial score (nSPS) is 11.8. The molecule has 0 fully saturated rings. The van der Waals surface area contributed by atoms with Gasteiger partial charge >= 0.3 is 0 Å². The third-order valence-corrected chi connectivity index (χ3v) is 3.27. The highest BCUT2D eigenvalue weighted by Gasteiger charge is 2.14. The summed E-state index contributed by atoms with van der Waals surface area (Å²) in [5, 5.41) is 0. The Labute approximate surface area is 125 Å². The standard InChI is InChI=1S/C17H20N2O2/c1-12(17(18)20)21-16-10-5-4-9-15(16)13-7-6-8-14(11-13)19(2)3/h4-12H,1-3H3,(H2,18,20)/t12-/m0/s1. The number of amides is 1. The summed E-state index contributed by atoms with van der Waals surface area (Å²) in [4.78, 5) is 13.2. The number of carbonyl (C=O) groups excluding carboxylic acids is 1. The molecule has 0 spiro atoms. The molecule has 2 aromatic rings. The Bertz CT molecular complexity index is 638. The maximum Gasteiger partial charge on any atom is 0.258 e. The van der Waals surface area contributed by atoms with Crippen molar-refractivity contribution in [3.8, 4) is 16.9 Å². The SMILES string of the molecule is C[C@H](Oc1ccccc1-c1cccc(N(C)C)c1)C(N)=O. The molecule has 2 N–H and O–H groups in total. The summed E-state index contributed by atoms with van der Waals surface area (Å²) in [7, 11) is 3.99. The summed E-state index contributed by atoms with van der Waals surface area (Å²) in [6, 6.07) is 15.8. The largest absolute Gasteiger partial charge is 0.480 e. The lowest BCUT2D eigenvalue weighted by molar-refractivity contribution is -0.123. The Balaban J connectivity index is 2.40. The highest BCUT2D eigenvalue weighted by molar-refractivity contribution is 5.79. The topological polar surface area (TPSA) is 55.6 Å². The molecule has 0 aliphatic heterocycles. The number of nitrogens with two attached hydrogens (primary N) is 1. The van der Waals surface area contributed by atoms with E-state index in [0.29, 0.717) is 5.75 Å². The van der Waals surface area contributed by atoms with E-state index in [1.807, 2.05) is 61.5 Å². The van der Waals surface area contributed by atoms with Crippen molar-refractivity contribution >= 4 is 11.6 Å². The molecule has 2 aromatic carbocycles. The van der Waals surface area contributed by atoms with Gasteiger partial charge in [-0.05, 0) is 30.7 Å². The van der Waals surface area contributed by atoms with Crippen LogP contribution in [0.2, 0.25) is 0 Å². The van der Waals surface area contributed by atoms with Gasteiger partial charge in [0.1, 0.15) is 5.75 Å². The van der Waals surface area contributed by atoms with Crippen LogP contribution in [0.4, 0.5) is 5.69 Å². The Morgan fingerprint density at radius 1 is 1.14 bits per heavy atom. The second kappa shape index (κ2) is 6.31. The summed E-state index contributed by atoms with van der Waals surface area (Å²) in [6.07, 6.45) is -0.664. The predicted molar refractivity (Wildman–Crippen MR) is 85.5 cm³/mol. The molecule has 0 aliphatic rings. The van der Waals surface area contributed by atoms with Gasteiger partial charge in [0.05, 0.1) is 0 Å². The van der Waals surface area contributed by atoms with Crippen LogP contribution in [0.5, 0.6) is 5.75 Å². The number of para-hydroxylation sites is 1. The molecule has 1 amide bonds. The lowest BCUT2D eigenvalue weighted by Gasteiger charge is -2.17. The number of primary amides is 1. The number of hydrogen-bond donors (Lipinski definition) is 1. The molecule has 2 rings (SSSR count). The van der Waals surface area contributed by atoms with Crippen LogP contribution in [0.15, 0.2) is 48.5 Å². The number of nitrogens with zero attached hydrogens (tertiary/aromatic N) is 1. The number of rotatable bonds is 5. The monoisotopic (exact) mass is 284 g/mol. The van der Waals surface area contributed by atoms with E-state index in [-0.39, 0.29) is 0 Å². The van der Waals surface area contributed by atoms with Gasteiger partial charge in [-0.3, -0.25) is 4.79 Å². The van der Waals surface area contributed by atoms with E-state index >= 15 is 0 Å². The first-order valence-corrected chi connectivity index (χ1v) is 6.82. The van der Waals surface area contributed by atoms with Crippen molar-refractivity contribution in [2.24, 2.45) is 5.73 Å². The fourth-order valence-corrected chi connectivity index (χ4v) is 2.01. The molecule has 0 saturated heterocycles. The Hall–Kier alpha value is -2.49. The van der Waals surface area contributed by atoms with Crippen LogP contribution in [0, 0.1) is 0 Å². The summed E-state index contributed by atoms with van der Waals surface area (Å²) >= 11 is 0. The third-order valence-electron chi connectivity index (χ3n) is 3.27. The van der Waals surface area contributed by atoms with Crippen molar-refractivity contribution in [3.63, 3.8) is 0 Å². The maximum absolute atomic E-state index is 11.2. The van der Waals surface area contributed by atoms with Gasteiger partial charge in [0.15, 0.2) is 6.10 Å². The minimum atomic E-state index is -0.664. The van der Waals surface area contributed by atoms with Gasteiger partial charge < -0.3 is 15.4 Å². The number of benzene rings is 2. The second-order valence-electron chi connectivity index (χ2n) is 5.10. The van der Waals surface area contributed by atoms with Gasteiger partial charge in [-0.1, -0.05) is 30.3 Å². The zero-order chi connectivity index (χ0) is 15.4. The molecule has 0 bridgehead atoms. The van der Waals surface area contributed by atoms with E-state index in [1.54, 1.807) is 6.92 Å². The fourth-order valence-electron chi connectivity index (χ4n) is 2.01. The van der Waals surface area contributed by atoms with Crippen LogP contribution in [0.1, 0.15) is 6.92 Å². The molecule has 0 heterocycles. The van der Waals surface area contributed by atoms with Crippen molar-refractivity contribution in [2.45, 2.75) is 13.0 Å². The predicted octanol–water partition coefficient (Wildman–Crippen LogP) is 2.67. The van der Waals surface area contributed by atoms with Crippen molar-refractivity contribution in [1.29, 1.82) is 0 Å². The van der Waals surface area contributed by atoms with E-state index in [4.69, 9.17) is 10.5 Å². The minimum Gasteiger partial charge on any atom is -0.480 e. The van der Waals surface area contributed by atoms with E-state index in [2.05, 4.69) is 6.07 Å². The van der Waals surface area contributed by atoms with Crippen molar-refractivity contribution < 1.29 is 9.53 Å². The summed E-state index contributed by atoms with van der Waals surface area (Å²) < 4.78 is 5.67. The lowest BCUT2D eigenvalue weighted by atomic mass is 10.0. The molecular weight excluding hydrogens is 264 g/mol. The van der Waals surface area contributed by atoms with E-state index in [1.165, 1.54) is 0 Å². The summed E-state index contributed by atoms with van der Waals surface area (Å²) in [5.41, 5.74) is 8.34. The Morgan fingerprint density at radius 2 is 1.86 bits per heavy atom. The highest BCUT2D eigenvalue weighted by atomic mass is 16.5. The zero-order valence-corrected chi connectivity index (χ0v) is 12.5. The van der Waals surface area contributed by atoms with Gasteiger partial charge in [0.25, 0.3) is 5.91 Å². The van der Waals surface area contributed by atoms with Gasteiger partial charge in [-0.2, -0.15) is 0 Å². The first-order chi connectivity index (χ1) is 9.99. The van der Waals surface area contributed by atoms with E-state index in [9.17, 15) is 4.79 Å². The van der Waals surface area contributed by atoms with Crippen molar-refractivity contribution in [1.82, 2.24) is 0 Å². The highest BCUT2D eigenvalue weighted by Crippen LogP contribution is 2.32. The van der Waals surface area contributed by atoms with Crippen LogP contribution in [0.25, 0.3) is 11.1 Å². The van der Waals surface area contributed by atoms with Crippen molar-refractivity contribution in [3.05, 3.63) is 48.5 Å². The van der Waals surface area contributed by atoms with Crippen LogP contribution in [-0.2, 0) is 4.79 Å². The van der Waals surface area contributed by atoms with Crippen LogP contribution >= 0.6 is 0 Å². The van der Waals surface area contributed by atoms with E-state index in [0.717, 1.165) is 16.8 Å². The molecule has 0 aliphatic carbocycles. The molecule has 0 saturated carbocycles. The lowest BCUT2D eigenvalue weighted by Crippen LogP contribution is -2.30. The molecule has 1 atom stereocenters. The Morgan fingerprint density at radius 3 is 2.52 bits per heavy atom. The fraction of sp³-hybridized carbons (Fsp3) is 0.235. The number of carbonyl (C=O) groups is 1. The third kappa shape index (κ3) is 3.54. The van der Waals surface area contributed by atoms with Crippen LogP contribution < -0.4 is 15.4 Å². The van der Waals surface area contributed by atoms with Crippen LogP contribution in [0.3, 0.4) is 0 Å². The maximum atomic E-state index is 11.2. The van der Waals surface area contributed by atoms with Crippen LogP contribution in [-0.4, -0.2) is 26.1 Å². The average molecular weight is 284 g/mol. The molecular formula is C17H20N2O2. The minimum absolute atomic E-state index is 0.480. The number of anilines is 1. The first kappa shape index (κ1) is 14.9. The number of ether oxygens (including phenoxy) is 1. The average Bonchev–Trinajstić information content (AvgIpc) is 2.47. The molecule has 0 unspecified atom stereocenters. The van der Waals surface area contributed by atoms with Gasteiger partial charge in [0, 0.05) is 25.3 Å². The second-order valence-corrected chi connectivity index (χ2v) is 5.10. The quantitative estimate of drug-likeness (QED) is 0.918. The smallest absolute Gasteiger partial charge is 0.258 e. The van der Waals surface area contributed by atoms with Gasteiger partial charge in [-0.15, -0.1) is 0 Å². The van der Waals surface area contributed by atoms with E-state index < -0.39 is 12.0 Å². The molecule has 21 heavy (non-hydrogen) atoms. The first-order valence-electron chi connectivity index (χ1n) is 6.82. The van der Waals surface area contributed by atoms with Crippen molar-refractivity contribution in [2.75, 3.05) is 19.0 Å². The molecule has 110 valence electrons. The zero-order valence-electron chi connectivity index (χ0n) is 12.5. The van der Waals surface area contributed by atoms with Gasteiger partial charge in [-0.25, -0.2) is 0 Å². The molecule has 0 aromatic heterocycles. The van der Waals surface area contributed by atoms with Gasteiger partial charge in [0.2, 0.25) is 0 Å². The Kier molecular flexibility index (Phi) is 4.48. The molecule has 4 nitrogen and oxygen atoms in total. The summed E-state index contributed by atoms with van der Waals surface area (Å²) in [5.74, 6) is 0.173.